The van der Waals surface area contributed by atoms with Crippen molar-refractivity contribution in [2.75, 3.05) is 27.3 Å². The largest absolute Gasteiger partial charge is 0.383 e. The first-order valence-corrected chi connectivity index (χ1v) is 6.27. The predicted octanol–water partition coefficient (Wildman–Crippen LogP) is 1.03. The molecule has 0 atom stereocenters. The molecule has 18 heavy (non-hydrogen) atoms. The number of ether oxygens (including phenoxy) is 1. The van der Waals surface area contributed by atoms with Gasteiger partial charge in [-0.1, -0.05) is 13.8 Å². The highest BCUT2D eigenvalue weighted by atomic mass is 16.5. The second-order valence-electron chi connectivity index (χ2n) is 5.36. The average molecular weight is 258 g/mol. The molecule has 0 aromatic carbocycles. The highest BCUT2D eigenvalue weighted by Gasteiger charge is 2.34. The van der Waals surface area contributed by atoms with Gasteiger partial charge in [0.25, 0.3) is 0 Å². The van der Waals surface area contributed by atoms with E-state index in [0.29, 0.717) is 19.6 Å². The molecule has 5 heteroatoms. The van der Waals surface area contributed by atoms with E-state index in [1.165, 1.54) is 4.90 Å². The van der Waals surface area contributed by atoms with E-state index < -0.39 is 5.54 Å². The lowest BCUT2D eigenvalue weighted by Crippen LogP contribution is -2.55. The summed E-state index contributed by atoms with van der Waals surface area (Å²) in [5, 5.41) is 2.76. The molecule has 0 aliphatic rings. The fourth-order valence-corrected chi connectivity index (χ4v) is 1.43. The average Bonchev–Trinajstić information content (AvgIpc) is 2.27. The van der Waals surface area contributed by atoms with Gasteiger partial charge in [0.05, 0.1) is 6.61 Å². The van der Waals surface area contributed by atoms with Crippen molar-refractivity contribution in [2.24, 2.45) is 5.92 Å². The molecule has 0 rings (SSSR count). The zero-order valence-electron chi connectivity index (χ0n) is 12.4. The van der Waals surface area contributed by atoms with E-state index in [9.17, 15) is 9.59 Å². The van der Waals surface area contributed by atoms with Crippen molar-refractivity contribution in [1.29, 1.82) is 0 Å². The SMILES string of the molecule is COCCNC(=O)C(C)(C)N(C)C(=O)CC(C)C. The molecular weight excluding hydrogens is 232 g/mol. The first-order valence-electron chi connectivity index (χ1n) is 6.27. The number of amides is 2. The Morgan fingerprint density at radius 2 is 1.89 bits per heavy atom. The molecule has 106 valence electrons. The van der Waals surface area contributed by atoms with Crippen LogP contribution in [0.5, 0.6) is 0 Å². The third-order valence-corrected chi connectivity index (χ3v) is 2.94. The van der Waals surface area contributed by atoms with Gasteiger partial charge in [0, 0.05) is 27.1 Å². The lowest BCUT2D eigenvalue weighted by atomic mass is 10.00. The van der Waals surface area contributed by atoms with Gasteiger partial charge in [-0.25, -0.2) is 0 Å². The molecule has 0 saturated carbocycles. The molecule has 0 aliphatic carbocycles. The maximum Gasteiger partial charge on any atom is 0.245 e. The Morgan fingerprint density at radius 1 is 1.33 bits per heavy atom. The lowest BCUT2D eigenvalue weighted by molar-refractivity contribution is -0.144. The number of hydrogen-bond donors (Lipinski definition) is 1. The Bertz CT molecular complexity index is 288. The maximum absolute atomic E-state index is 12.0. The molecule has 0 aliphatic heterocycles. The van der Waals surface area contributed by atoms with Gasteiger partial charge in [-0.2, -0.15) is 0 Å². The molecule has 0 radical (unpaired) electrons. The third-order valence-electron chi connectivity index (χ3n) is 2.94. The monoisotopic (exact) mass is 258 g/mol. The van der Waals surface area contributed by atoms with E-state index in [1.54, 1.807) is 28.0 Å². The van der Waals surface area contributed by atoms with Gasteiger partial charge in [0.15, 0.2) is 0 Å². The molecule has 1 N–H and O–H groups in total. The fraction of sp³-hybridized carbons (Fsp3) is 0.846. The van der Waals surface area contributed by atoms with E-state index >= 15 is 0 Å². The van der Waals surface area contributed by atoms with Gasteiger partial charge in [-0.3, -0.25) is 9.59 Å². The minimum atomic E-state index is -0.848. The smallest absolute Gasteiger partial charge is 0.245 e. The number of rotatable bonds is 7. The molecule has 0 aromatic rings. The molecule has 5 nitrogen and oxygen atoms in total. The van der Waals surface area contributed by atoms with E-state index in [2.05, 4.69) is 5.32 Å². The highest BCUT2D eigenvalue weighted by Crippen LogP contribution is 2.15. The number of hydrogen-bond acceptors (Lipinski definition) is 3. The van der Waals surface area contributed by atoms with Crippen LogP contribution in [0.4, 0.5) is 0 Å². The van der Waals surface area contributed by atoms with Crippen LogP contribution in [0.25, 0.3) is 0 Å². The van der Waals surface area contributed by atoms with Crippen molar-refractivity contribution in [3.8, 4) is 0 Å². The van der Waals surface area contributed by atoms with Crippen LogP contribution < -0.4 is 5.32 Å². The number of carbonyl (C=O) groups is 2. The topological polar surface area (TPSA) is 58.6 Å². The number of nitrogens with one attached hydrogen (secondary N) is 1. The predicted molar refractivity (Wildman–Crippen MR) is 71.2 cm³/mol. The Hall–Kier alpha value is -1.10. The van der Waals surface area contributed by atoms with Gasteiger partial charge < -0.3 is 15.0 Å². The molecule has 0 heterocycles. The van der Waals surface area contributed by atoms with Gasteiger partial charge in [0.2, 0.25) is 11.8 Å². The molecule has 0 fully saturated rings. The van der Waals surface area contributed by atoms with E-state index in [-0.39, 0.29) is 17.7 Å². The maximum atomic E-state index is 12.0. The van der Waals surface area contributed by atoms with Crippen LogP contribution in [0, 0.1) is 5.92 Å². The Kier molecular flexibility index (Phi) is 6.91. The minimum Gasteiger partial charge on any atom is -0.383 e. The molecule has 0 bridgehead atoms. The normalized spacial score (nSPS) is 11.5. The molecular formula is C13H26N2O3. The second kappa shape index (κ2) is 7.36. The zero-order chi connectivity index (χ0) is 14.3. The Morgan fingerprint density at radius 3 is 2.33 bits per heavy atom. The molecule has 0 spiro atoms. The number of carbonyl (C=O) groups excluding carboxylic acids is 2. The molecule has 0 unspecified atom stereocenters. The number of likely N-dealkylation sites (N-methyl/N-ethyl adjacent to an activating group) is 1. The van der Waals surface area contributed by atoms with Crippen LogP contribution >= 0.6 is 0 Å². The highest BCUT2D eigenvalue weighted by molar-refractivity contribution is 5.90. The van der Waals surface area contributed by atoms with E-state index in [1.807, 2.05) is 13.8 Å². The first-order chi connectivity index (χ1) is 8.23. The summed E-state index contributed by atoms with van der Waals surface area (Å²) in [7, 11) is 3.25. The zero-order valence-corrected chi connectivity index (χ0v) is 12.4. The summed E-state index contributed by atoms with van der Waals surface area (Å²) in [5.41, 5.74) is -0.848. The Balaban J connectivity index is 4.49. The molecule has 0 aromatic heterocycles. The van der Waals surface area contributed by atoms with Crippen LogP contribution in [0.3, 0.4) is 0 Å². The molecule has 2 amide bonds. The van der Waals surface area contributed by atoms with Crippen LogP contribution in [0.2, 0.25) is 0 Å². The summed E-state index contributed by atoms with van der Waals surface area (Å²) >= 11 is 0. The van der Waals surface area contributed by atoms with Crippen molar-refractivity contribution in [3.63, 3.8) is 0 Å². The van der Waals surface area contributed by atoms with Crippen molar-refractivity contribution in [1.82, 2.24) is 10.2 Å². The quantitative estimate of drug-likeness (QED) is 0.694. The summed E-state index contributed by atoms with van der Waals surface area (Å²) in [6, 6.07) is 0. The van der Waals surface area contributed by atoms with Crippen LogP contribution in [0.15, 0.2) is 0 Å². The van der Waals surface area contributed by atoms with Crippen molar-refractivity contribution >= 4 is 11.8 Å². The van der Waals surface area contributed by atoms with Gasteiger partial charge in [0.1, 0.15) is 5.54 Å². The van der Waals surface area contributed by atoms with E-state index in [0.717, 1.165) is 0 Å². The summed E-state index contributed by atoms with van der Waals surface area (Å²) in [4.78, 5) is 25.5. The standard InChI is InChI=1S/C13H26N2O3/c1-10(2)9-11(16)15(5)13(3,4)12(17)14-7-8-18-6/h10H,7-9H2,1-6H3,(H,14,17). The Labute approximate surface area is 110 Å². The third kappa shape index (κ3) is 5.04. The lowest BCUT2D eigenvalue weighted by Gasteiger charge is -2.34. The van der Waals surface area contributed by atoms with Crippen LogP contribution in [0.1, 0.15) is 34.1 Å². The summed E-state index contributed by atoms with van der Waals surface area (Å²) in [6.45, 7) is 8.37. The summed E-state index contributed by atoms with van der Waals surface area (Å²) in [5.74, 6) is 0.100. The van der Waals surface area contributed by atoms with Gasteiger partial charge in [-0.05, 0) is 19.8 Å². The van der Waals surface area contributed by atoms with Gasteiger partial charge in [-0.15, -0.1) is 0 Å². The van der Waals surface area contributed by atoms with Crippen molar-refractivity contribution in [3.05, 3.63) is 0 Å². The number of nitrogens with zero attached hydrogens (tertiary/aromatic N) is 1. The van der Waals surface area contributed by atoms with Crippen LogP contribution in [-0.2, 0) is 14.3 Å². The summed E-state index contributed by atoms with van der Waals surface area (Å²) < 4.78 is 4.87. The minimum absolute atomic E-state index is 0.0168. The fourth-order valence-electron chi connectivity index (χ4n) is 1.43. The number of methoxy groups -OCH3 is 1. The summed E-state index contributed by atoms with van der Waals surface area (Å²) in [6.07, 6.45) is 0.450. The van der Waals surface area contributed by atoms with Crippen molar-refractivity contribution < 1.29 is 14.3 Å². The van der Waals surface area contributed by atoms with Gasteiger partial charge >= 0.3 is 0 Å². The molecule has 0 saturated heterocycles. The van der Waals surface area contributed by atoms with Crippen LogP contribution in [-0.4, -0.2) is 49.6 Å². The second-order valence-corrected chi connectivity index (χ2v) is 5.36. The van der Waals surface area contributed by atoms with Crippen molar-refractivity contribution in [2.45, 2.75) is 39.7 Å². The van der Waals surface area contributed by atoms with E-state index in [4.69, 9.17) is 4.74 Å². The first kappa shape index (κ1) is 16.9.